The predicted octanol–water partition coefficient (Wildman–Crippen LogP) is 4.57. The minimum absolute atomic E-state index is 0.176. The lowest BCUT2D eigenvalue weighted by Crippen LogP contribution is -2.09. The Morgan fingerprint density at radius 1 is 1.20 bits per heavy atom. The summed E-state index contributed by atoms with van der Waals surface area (Å²) in [7, 11) is 0. The third-order valence-electron chi connectivity index (χ3n) is 2.97. The largest absolute Gasteiger partial charge is 0.416 e. The van der Waals surface area contributed by atoms with E-state index < -0.39 is 23.7 Å². The summed E-state index contributed by atoms with van der Waals surface area (Å²) in [5, 5.41) is 13.6. The van der Waals surface area contributed by atoms with Gasteiger partial charge in [0.25, 0.3) is 0 Å². The van der Waals surface area contributed by atoms with Crippen LogP contribution in [0.1, 0.15) is 29.2 Å². The van der Waals surface area contributed by atoms with Crippen LogP contribution in [-0.2, 0) is 12.6 Å². The van der Waals surface area contributed by atoms with Gasteiger partial charge in [0.15, 0.2) is 0 Å². The van der Waals surface area contributed by atoms with Gasteiger partial charge in [-0.1, -0.05) is 0 Å². The van der Waals surface area contributed by atoms with Crippen LogP contribution < -0.4 is 0 Å². The van der Waals surface area contributed by atoms with Crippen molar-refractivity contribution >= 4 is 11.3 Å². The molecule has 0 spiro atoms. The van der Waals surface area contributed by atoms with Crippen molar-refractivity contribution in [1.82, 2.24) is 0 Å². The molecule has 0 bridgehead atoms. The fraction of sp³-hybridized carbons (Fsp3) is 0.286. The molecule has 0 fully saturated rings. The molecule has 6 heteroatoms. The molecule has 0 aliphatic carbocycles. The Morgan fingerprint density at radius 3 is 2.55 bits per heavy atom. The molecule has 1 heterocycles. The van der Waals surface area contributed by atoms with Gasteiger partial charge >= 0.3 is 6.18 Å². The Labute approximate surface area is 117 Å². The molecule has 1 unspecified atom stereocenters. The predicted molar refractivity (Wildman–Crippen MR) is 69.0 cm³/mol. The number of hydrogen-bond donors (Lipinski definition) is 1. The number of aliphatic hydroxyl groups is 1. The number of hydrogen-bond acceptors (Lipinski definition) is 2. The van der Waals surface area contributed by atoms with Crippen molar-refractivity contribution in [3.63, 3.8) is 0 Å². The van der Waals surface area contributed by atoms with Crippen LogP contribution in [0.3, 0.4) is 0 Å². The van der Waals surface area contributed by atoms with Gasteiger partial charge in [-0.15, -0.1) is 0 Å². The zero-order chi connectivity index (χ0) is 14.8. The normalized spacial score (nSPS) is 13.4. The zero-order valence-corrected chi connectivity index (χ0v) is 11.1. The van der Waals surface area contributed by atoms with Crippen LogP contribution in [0.5, 0.6) is 0 Å². The van der Waals surface area contributed by atoms with Gasteiger partial charge in [0, 0.05) is 5.56 Å². The zero-order valence-electron chi connectivity index (χ0n) is 10.3. The molecule has 0 amide bonds. The average Bonchev–Trinajstić information content (AvgIpc) is 2.88. The maximum atomic E-state index is 13.5. The molecule has 1 aromatic heterocycles. The third kappa shape index (κ3) is 3.58. The van der Waals surface area contributed by atoms with Gasteiger partial charge in [0.2, 0.25) is 0 Å². The molecule has 0 saturated heterocycles. The second kappa shape index (κ2) is 5.93. The molecule has 0 aliphatic heterocycles. The van der Waals surface area contributed by atoms with E-state index in [4.69, 9.17) is 0 Å². The molecule has 1 N–H and O–H groups in total. The lowest BCUT2D eigenvalue weighted by atomic mass is 10.00. The Hall–Kier alpha value is -1.40. The molecule has 1 nitrogen and oxygen atoms in total. The molecule has 0 radical (unpaired) electrons. The number of benzene rings is 1. The molecule has 2 aromatic rings. The fourth-order valence-corrected chi connectivity index (χ4v) is 2.57. The van der Waals surface area contributed by atoms with Crippen molar-refractivity contribution in [3.8, 4) is 0 Å². The Balaban J connectivity index is 2.14. The maximum absolute atomic E-state index is 13.5. The van der Waals surface area contributed by atoms with E-state index in [0.717, 1.165) is 11.6 Å². The van der Waals surface area contributed by atoms with Gasteiger partial charge in [-0.05, 0) is 53.4 Å². The van der Waals surface area contributed by atoms with E-state index in [1.54, 1.807) is 0 Å². The minimum Gasteiger partial charge on any atom is -0.388 e. The molecule has 108 valence electrons. The monoisotopic (exact) mass is 304 g/mol. The fourth-order valence-electron chi connectivity index (χ4n) is 1.87. The summed E-state index contributed by atoms with van der Waals surface area (Å²) in [5.41, 5.74) is -0.292. The van der Waals surface area contributed by atoms with Crippen LogP contribution in [0.2, 0.25) is 0 Å². The average molecular weight is 304 g/mol. The second-order valence-electron chi connectivity index (χ2n) is 4.42. The van der Waals surface area contributed by atoms with Crippen molar-refractivity contribution in [2.75, 3.05) is 0 Å². The topological polar surface area (TPSA) is 20.2 Å². The Bertz CT molecular complexity index is 563. The number of aryl methyl sites for hydroxylation is 1. The van der Waals surface area contributed by atoms with Crippen LogP contribution in [-0.4, -0.2) is 5.11 Å². The van der Waals surface area contributed by atoms with E-state index in [-0.39, 0.29) is 12.0 Å². The molecular formula is C14H12F4OS. The highest BCUT2D eigenvalue weighted by Gasteiger charge is 2.31. The highest BCUT2D eigenvalue weighted by molar-refractivity contribution is 7.07. The van der Waals surface area contributed by atoms with Crippen LogP contribution in [0.4, 0.5) is 17.6 Å². The van der Waals surface area contributed by atoms with E-state index >= 15 is 0 Å². The molecule has 0 aliphatic rings. The number of alkyl halides is 3. The second-order valence-corrected chi connectivity index (χ2v) is 5.20. The summed E-state index contributed by atoms with van der Waals surface area (Å²) in [5.74, 6) is -0.823. The van der Waals surface area contributed by atoms with Crippen molar-refractivity contribution in [2.45, 2.75) is 25.1 Å². The highest BCUT2D eigenvalue weighted by atomic mass is 32.1. The van der Waals surface area contributed by atoms with Crippen molar-refractivity contribution in [1.29, 1.82) is 0 Å². The molecule has 20 heavy (non-hydrogen) atoms. The molecule has 1 atom stereocenters. The number of aliphatic hydroxyl groups excluding tert-OH is 1. The van der Waals surface area contributed by atoms with Gasteiger partial charge in [-0.25, -0.2) is 4.39 Å². The van der Waals surface area contributed by atoms with E-state index in [9.17, 15) is 22.7 Å². The summed E-state index contributed by atoms with van der Waals surface area (Å²) in [6.07, 6.45) is -5.14. The summed E-state index contributed by atoms with van der Waals surface area (Å²) < 4.78 is 51.3. The molecular weight excluding hydrogens is 292 g/mol. The van der Waals surface area contributed by atoms with Crippen molar-refractivity contribution in [3.05, 3.63) is 57.5 Å². The molecule has 2 rings (SSSR count). The first-order valence-electron chi connectivity index (χ1n) is 5.93. The standard InChI is InChI=1S/C14H12F4OS/c15-12-3-2-10(14(16,17)18)7-11(12)13(19)4-1-9-5-6-20-8-9/h2-3,5-8,13,19H,1,4H2. The van der Waals surface area contributed by atoms with Crippen LogP contribution in [0, 0.1) is 5.82 Å². The summed E-state index contributed by atoms with van der Waals surface area (Å²) in [6, 6.07) is 3.95. The lowest BCUT2D eigenvalue weighted by molar-refractivity contribution is -0.137. The summed E-state index contributed by atoms with van der Waals surface area (Å²) >= 11 is 1.49. The minimum atomic E-state index is -4.55. The van der Waals surface area contributed by atoms with Crippen molar-refractivity contribution < 1.29 is 22.7 Å². The Kier molecular flexibility index (Phi) is 4.45. The first-order valence-corrected chi connectivity index (χ1v) is 6.88. The van der Waals surface area contributed by atoms with Gasteiger partial charge in [-0.3, -0.25) is 0 Å². The lowest BCUT2D eigenvalue weighted by Gasteiger charge is -2.14. The number of thiophene rings is 1. The summed E-state index contributed by atoms with van der Waals surface area (Å²) in [4.78, 5) is 0. The van der Waals surface area contributed by atoms with Gasteiger partial charge in [0.1, 0.15) is 5.82 Å². The molecule has 1 aromatic carbocycles. The first kappa shape index (κ1) is 15.0. The quantitative estimate of drug-likeness (QED) is 0.820. The maximum Gasteiger partial charge on any atom is 0.416 e. The molecule has 0 saturated carbocycles. The van der Waals surface area contributed by atoms with Crippen LogP contribution in [0.15, 0.2) is 35.0 Å². The Morgan fingerprint density at radius 2 is 1.95 bits per heavy atom. The van der Waals surface area contributed by atoms with Crippen molar-refractivity contribution in [2.24, 2.45) is 0 Å². The smallest absolute Gasteiger partial charge is 0.388 e. The summed E-state index contributed by atoms with van der Waals surface area (Å²) in [6.45, 7) is 0. The van der Waals surface area contributed by atoms with Gasteiger partial charge in [-0.2, -0.15) is 24.5 Å². The van der Waals surface area contributed by atoms with E-state index in [0.29, 0.717) is 18.6 Å². The highest BCUT2D eigenvalue weighted by Crippen LogP contribution is 2.32. The number of halogens is 4. The van der Waals surface area contributed by atoms with Crippen LogP contribution in [0.25, 0.3) is 0 Å². The first-order chi connectivity index (χ1) is 9.38. The van der Waals surface area contributed by atoms with Gasteiger partial charge < -0.3 is 5.11 Å². The number of rotatable bonds is 4. The third-order valence-corrected chi connectivity index (χ3v) is 3.70. The SMILES string of the molecule is OC(CCc1ccsc1)c1cc(C(F)(F)F)ccc1F. The van der Waals surface area contributed by atoms with Gasteiger partial charge in [0.05, 0.1) is 11.7 Å². The van der Waals surface area contributed by atoms with E-state index in [2.05, 4.69) is 0 Å². The van der Waals surface area contributed by atoms with E-state index in [1.165, 1.54) is 11.3 Å². The van der Waals surface area contributed by atoms with E-state index in [1.807, 2.05) is 16.8 Å². The van der Waals surface area contributed by atoms with Crippen LogP contribution >= 0.6 is 11.3 Å².